The molecular formula is C11H15BrClN3O. The first-order valence-electron chi connectivity index (χ1n) is 5.18. The molecular weight excluding hydrogens is 305 g/mol. The van der Waals surface area contributed by atoms with Crippen LogP contribution in [0, 0.1) is 0 Å². The second-order valence-electron chi connectivity index (χ2n) is 4.53. The van der Waals surface area contributed by atoms with Crippen molar-refractivity contribution in [1.82, 2.24) is 4.98 Å². The zero-order chi connectivity index (χ0) is 13.1. The van der Waals surface area contributed by atoms with Gasteiger partial charge in [-0.2, -0.15) is 0 Å². The summed E-state index contributed by atoms with van der Waals surface area (Å²) in [7, 11) is 0. The van der Waals surface area contributed by atoms with Gasteiger partial charge >= 0.3 is 0 Å². The average molecular weight is 321 g/mol. The van der Waals surface area contributed by atoms with E-state index in [1.165, 1.54) is 0 Å². The Balaban J connectivity index is 2.59. The van der Waals surface area contributed by atoms with Crippen LogP contribution in [0.3, 0.4) is 0 Å². The molecule has 0 aliphatic carbocycles. The van der Waals surface area contributed by atoms with Crippen LogP contribution in [-0.4, -0.2) is 16.4 Å². The van der Waals surface area contributed by atoms with Gasteiger partial charge in [0.1, 0.15) is 0 Å². The Bertz CT molecular complexity index is 418. The third kappa shape index (κ3) is 5.48. The van der Waals surface area contributed by atoms with E-state index in [2.05, 4.69) is 26.2 Å². The van der Waals surface area contributed by atoms with Crippen LogP contribution in [0.2, 0.25) is 5.15 Å². The summed E-state index contributed by atoms with van der Waals surface area (Å²) in [6.07, 6.45) is 2.53. The van der Waals surface area contributed by atoms with E-state index in [4.69, 9.17) is 17.3 Å². The fourth-order valence-corrected chi connectivity index (χ4v) is 1.64. The summed E-state index contributed by atoms with van der Waals surface area (Å²) >= 11 is 9.12. The second-order valence-corrected chi connectivity index (χ2v) is 5.80. The molecule has 0 fully saturated rings. The van der Waals surface area contributed by atoms with Gasteiger partial charge in [0.25, 0.3) is 0 Å². The molecule has 0 spiro atoms. The Morgan fingerprint density at radius 1 is 1.65 bits per heavy atom. The smallest absolute Gasteiger partial charge is 0.224 e. The molecule has 17 heavy (non-hydrogen) atoms. The third-order valence-corrected chi connectivity index (χ3v) is 2.81. The lowest BCUT2D eigenvalue weighted by atomic mass is 10.00. The van der Waals surface area contributed by atoms with Gasteiger partial charge in [-0.15, -0.1) is 0 Å². The zero-order valence-electron chi connectivity index (χ0n) is 9.76. The van der Waals surface area contributed by atoms with Crippen LogP contribution in [-0.2, 0) is 4.79 Å². The van der Waals surface area contributed by atoms with E-state index in [1.54, 1.807) is 12.3 Å². The number of carbonyl (C=O) groups excluding carboxylic acids is 1. The molecule has 0 bridgehead atoms. The minimum absolute atomic E-state index is 0.120. The summed E-state index contributed by atoms with van der Waals surface area (Å²) in [6.45, 7) is 3.77. The first kappa shape index (κ1) is 14.4. The highest BCUT2D eigenvalue weighted by Gasteiger charge is 2.14. The Morgan fingerprint density at radius 3 is 2.88 bits per heavy atom. The number of pyridine rings is 1. The molecule has 0 atom stereocenters. The molecule has 1 heterocycles. The minimum atomic E-state index is -0.351. The van der Waals surface area contributed by atoms with Gasteiger partial charge in [0, 0.05) is 22.6 Å². The van der Waals surface area contributed by atoms with Gasteiger partial charge in [-0.3, -0.25) is 4.79 Å². The van der Waals surface area contributed by atoms with E-state index in [9.17, 15) is 4.79 Å². The van der Waals surface area contributed by atoms with E-state index in [0.717, 1.165) is 4.47 Å². The molecule has 3 N–H and O–H groups in total. The summed E-state index contributed by atoms with van der Waals surface area (Å²) in [5.41, 5.74) is 5.96. The number of aromatic nitrogens is 1. The largest absolute Gasteiger partial charge is 0.326 e. The van der Waals surface area contributed by atoms with Gasteiger partial charge in [0.2, 0.25) is 5.91 Å². The van der Waals surface area contributed by atoms with Crippen LogP contribution >= 0.6 is 27.5 Å². The van der Waals surface area contributed by atoms with Gasteiger partial charge < -0.3 is 11.1 Å². The lowest BCUT2D eigenvalue weighted by molar-refractivity contribution is -0.116. The monoisotopic (exact) mass is 319 g/mol. The first-order chi connectivity index (χ1) is 7.78. The number of anilines is 1. The van der Waals surface area contributed by atoms with Crippen LogP contribution in [0.15, 0.2) is 16.7 Å². The van der Waals surface area contributed by atoms with Crippen LogP contribution < -0.4 is 11.1 Å². The summed E-state index contributed by atoms with van der Waals surface area (Å²) < 4.78 is 0.761. The number of rotatable bonds is 4. The molecule has 94 valence electrons. The van der Waals surface area contributed by atoms with Crippen molar-refractivity contribution in [1.29, 1.82) is 0 Å². The van der Waals surface area contributed by atoms with Gasteiger partial charge in [0.05, 0.1) is 5.69 Å². The molecule has 0 aromatic carbocycles. The van der Waals surface area contributed by atoms with E-state index >= 15 is 0 Å². The molecule has 0 saturated heterocycles. The maximum atomic E-state index is 11.7. The number of nitrogens with zero attached hydrogens (tertiary/aromatic N) is 1. The summed E-state index contributed by atoms with van der Waals surface area (Å²) in [5.74, 6) is -0.120. The fourth-order valence-electron chi connectivity index (χ4n) is 1.16. The molecule has 0 aliphatic heterocycles. The first-order valence-corrected chi connectivity index (χ1v) is 6.35. The maximum Gasteiger partial charge on any atom is 0.224 e. The molecule has 1 aromatic heterocycles. The maximum absolute atomic E-state index is 11.7. The van der Waals surface area contributed by atoms with Crippen molar-refractivity contribution < 1.29 is 4.79 Å². The van der Waals surface area contributed by atoms with E-state index < -0.39 is 0 Å². The highest BCUT2D eigenvalue weighted by Crippen LogP contribution is 2.23. The standard InChI is InChI=1S/C11H15BrClN3O/c1-11(2,14)4-3-9(17)16-8-5-7(12)6-15-10(8)13/h5-6H,3-4,14H2,1-2H3,(H,16,17). The fraction of sp³-hybridized carbons (Fsp3) is 0.455. The van der Waals surface area contributed by atoms with Crippen molar-refractivity contribution in [2.24, 2.45) is 5.73 Å². The highest BCUT2D eigenvalue weighted by atomic mass is 79.9. The van der Waals surface area contributed by atoms with Gasteiger partial charge in [-0.25, -0.2) is 4.98 Å². The third-order valence-electron chi connectivity index (χ3n) is 2.08. The number of carbonyl (C=O) groups is 1. The zero-order valence-corrected chi connectivity index (χ0v) is 12.1. The number of nitrogens with two attached hydrogens (primary N) is 1. The molecule has 1 amide bonds. The normalized spacial score (nSPS) is 11.4. The molecule has 0 radical (unpaired) electrons. The Kier molecular flexibility index (Phi) is 4.91. The molecule has 1 aromatic rings. The van der Waals surface area contributed by atoms with Crippen LogP contribution in [0.5, 0.6) is 0 Å². The van der Waals surface area contributed by atoms with E-state index in [1.807, 2.05) is 13.8 Å². The molecule has 0 unspecified atom stereocenters. The van der Waals surface area contributed by atoms with Gasteiger partial charge in [-0.05, 0) is 42.3 Å². The van der Waals surface area contributed by atoms with E-state index in [0.29, 0.717) is 18.5 Å². The van der Waals surface area contributed by atoms with Crippen molar-refractivity contribution in [2.75, 3.05) is 5.32 Å². The van der Waals surface area contributed by atoms with Crippen molar-refractivity contribution in [3.8, 4) is 0 Å². The van der Waals surface area contributed by atoms with Crippen molar-refractivity contribution in [3.05, 3.63) is 21.9 Å². The quantitative estimate of drug-likeness (QED) is 0.838. The highest BCUT2D eigenvalue weighted by molar-refractivity contribution is 9.10. The predicted molar refractivity (Wildman–Crippen MR) is 73.1 cm³/mol. The number of halogens is 2. The lowest BCUT2D eigenvalue weighted by Crippen LogP contribution is -2.33. The van der Waals surface area contributed by atoms with Crippen LogP contribution in [0.1, 0.15) is 26.7 Å². The van der Waals surface area contributed by atoms with Crippen molar-refractivity contribution >= 4 is 39.1 Å². The number of amides is 1. The minimum Gasteiger partial charge on any atom is -0.326 e. The molecule has 1 rings (SSSR count). The van der Waals surface area contributed by atoms with E-state index in [-0.39, 0.29) is 16.6 Å². The topological polar surface area (TPSA) is 68.0 Å². The summed E-state index contributed by atoms with van der Waals surface area (Å²) in [4.78, 5) is 15.6. The molecule has 0 saturated carbocycles. The van der Waals surface area contributed by atoms with Gasteiger partial charge in [0.15, 0.2) is 5.15 Å². The Hall–Kier alpha value is -0.650. The SMILES string of the molecule is CC(C)(N)CCC(=O)Nc1cc(Br)cnc1Cl. The average Bonchev–Trinajstić information content (AvgIpc) is 2.20. The van der Waals surface area contributed by atoms with Crippen molar-refractivity contribution in [2.45, 2.75) is 32.2 Å². The molecule has 0 aliphatic rings. The van der Waals surface area contributed by atoms with Crippen molar-refractivity contribution in [3.63, 3.8) is 0 Å². The summed E-state index contributed by atoms with van der Waals surface area (Å²) in [5, 5.41) is 2.98. The van der Waals surface area contributed by atoms with Gasteiger partial charge in [-0.1, -0.05) is 11.6 Å². The van der Waals surface area contributed by atoms with Crippen LogP contribution in [0.25, 0.3) is 0 Å². The number of nitrogens with one attached hydrogen (secondary N) is 1. The second kappa shape index (κ2) is 5.80. The van der Waals surface area contributed by atoms with Crippen LogP contribution in [0.4, 0.5) is 5.69 Å². The lowest BCUT2D eigenvalue weighted by Gasteiger charge is -2.17. The Labute approximate surface area is 114 Å². The number of hydrogen-bond acceptors (Lipinski definition) is 3. The summed E-state index contributed by atoms with van der Waals surface area (Å²) in [6, 6.07) is 1.71. The predicted octanol–water partition coefficient (Wildman–Crippen LogP) is 2.95. The number of hydrogen-bond donors (Lipinski definition) is 2. The Morgan fingerprint density at radius 2 is 2.29 bits per heavy atom. The molecule has 6 heteroatoms. The molecule has 4 nitrogen and oxygen atoms in total.